The molecule has 0 aliphatic heterocycles. The van der Waals surface area contributed by atoms with E-state index in [1.807, 2.05) is 13.8 Å². The van der Waals surface area contributed by atoms with E-state index in [2.05, 4.69) is 26.9 Å². The number of hydrogen-bond acceptors (Lipinski definition) is 8. The summed E-state index contributed by atoms with van der Waals surface area (Å²) in [7, 11) is 0. The van der Waals surface area contributed by atoms with Crippen LogP contribution in [0.5, 0.6) is 0 Å². The molecular weight excluding hydrogens is 336 g/mol. The zero-order valence-corrected chi connectivity index (χ0v) is 15.6. The lowest BCUT2D eigenvalue weighted by molar-refractivity contribution is 0.257. The minimum atomic E-state index is -0.389. The topological polar surface area (TPSA) is 118 Å². The summed E-state index contributed by atoms with van der Waals surface area (Å²) >= 11 is 0. The molecule has 0 N–H and O–H groups in total. The van der Waals surface area contributed by atoms with Gasteiger partial charge in [-0.05, 0) is 45.4 Å². The molecule has 0 spiro atoms. The minimum Gasteiger partial charge on any atom is -0.211 e. The van der Waals surface area contributed by atoms with Crippen molar-refractivity contribution in [2.75, 3.05) is 13.1 Å². The molecule has 0 heterocycles. The van der Waals surface area contributed by atoms with Gasteiger partial charge in [0, 0.05) is 5.92 Å². The Balaban J connectivity index is 0.000000488. The first-order valence-corrected chi connectivity index (χ1v) is 8.63. The van der Waals surface area contributed by atoms with E-state index in [9.17, 15) is 19.2 Å². The summed E-state index contributed by atoms with van der Waals surface area (Å²) in [5.41, 5.74) is -0.389. The van der Waals surface area contributed by atoms with E-state index in [-0.39, 0.29) is 17.5 Å². The smallest absolute Gasteiger partial charge is 0.211 e. The van der Waals surface area contributed by atoms with E-state index < -0.39 is 0 Å². The first kappa shape index (κ1) is 23.5. The van der Waals surface area contributed by atoms with E-state index in [1.165, 1.54) is 18.2 Å². The molecule has 0 radical (unpaired) electrons. The van der Waals surface area contributed by atoms with Crippen LogP contribution in [0, 0.1) is 11.8 Å². The third kappa shape index (κ3) is 11.1. The van der Waals surface area contributed by atoms with Crippen LogP contribution in [0.1, 0.15) is 52.9 Å². The summed E-state index contributed by atoms with van der Waals surface area (Å²) in [5, 5.41) is 0. The normalized spacial score (nSPS) is 21.4. The molecule has 1 rings (SSSR count). The van der Waals surface area contributed by atoms with Gasteiger partial charge in [0.15, 0.2) is 0 Å². The predicted molar refractivity (Wildman–Crippen MR) is 95.8 cm³/mol. The summed E-state index contributed by atoms with van der Waals surface area (Å²) in [4.78, 5) is 54.1. The quantitative estimate of drug-likeness (QED) is 0.374. The second-order valence-corrected chi connectivity index (χ2v) is 6.99. The summed E-state index contributed by atoms with van der Waals surface area (Å²) in [6.45, 7) is 6.70. The number of hydrogen-bond donors (Lipinski definition) is 0. The van der Waals surface area contributed by atoms with E-state index in [0.717, 1.165) is 25.7 Å². The fourth-order valence-corrected chi connectivity index (χ4v) is 2.82. The highest BCUT2D eigenvalue weighted by Gasteiger charge is 2.28. The Kier molecular flexibility index (Phi) is 12.5. The molecule has 1 saturated carbocycles. The van der Waals surface area contributed by atoms with Crippen molar-refractivity contribution < 1.29 is 19.2 Å². The lowest BCUT2D eigenvalue weighted by Gasteiger charge is -2.29. The van der Waals surface area contributed by atoms with Gasteiger partial charge in [-0.1, -0.05) is 13.3 Å². The summed E-state index contributed by atoms with van der Waals surface area (Å²) in [5.74, 6) is 0.808. The van der Waals surface area contributed by atoms with E-state index in [4.69, 9.17) is 0 Å². The van der Waals surface area contributed by atoms with Gasteiger partial charge in [0.05, 0.1) is 24.7 Å². The third-order valence-electron chi connectivity index (χ3n) is 4.30. The van der Waals surface area contributed by atoms with Crippen molar-refractivity contribution in [2.45, 2.75) is 64.5 Å². The van der Waals surface area contributed by atoms with Gasteiger partial charge in [0.25, 0.3) is 0 Å². The summed E-state index contributed by atoms with van der Waals surface area (Å²) < 4.78 is 0. The lowest BCUT2D eigenvalue weighted by Crippen LogP contribution is -2.29. The molecule has 0 bridgehead atoms. The fraction of sp³-hybridized carbons (Fsp3) is 0.778. The van der Waals surface area contributed by atoms with Crippen molar-refractivity contribution in [2.24, 2.45) is 31.8 Å². The third-order valence-corrected chi connectivity index (χ3v) is 4.30. The van der Waals surface area contributed by atoms with Gasteiger partial charge in [0.1, 0.15) is 0 Å². The lowest BCUT2D eigenvalue weighted by atomic mass is 9.79. The van der Waals surface area contributed by atoms with Gasteiger partial charge in [-0.25, -0.2) is 34.2 Å². The molecule has 0 aromatic carbocycles. The average Bonchev–Trinajstić information content (AvgIpc) is 2.59. The molecule has 0 saturated heterocycles. The van der Waals surface area contributed by atoms with Gasteiger partial charge < -0.3 is 0 Å². The molecule has 0 amide bonds. The first-order chi connectivity index (χ1) is 12.4. The number of carbonyl (C=O) groups excluding carboxylic acids is 4. The Morgan fingerprint density at radius 1 is 0.962 bits per heavy atom. The highest BCUT2D eigenvalue weighted by atomic mass is 16.1. The SMILES string of the molecule is CC(C)(CCCN=C=O)N=C=O.CC1CCC(CN=C=O)C(N=C=O)C1. The number of aliphatic imine (C=N–C) groups is 4. The second kappa shape index (κ2) is 13.8. The van der Waals surface area contributed by atoms with Crippen molar-refractivity contribution in [1.29, 1.82) is 0 Å². The Morgan fingerprint density at radius 2 is 1.65 bits per heavy atom. The maximum Gasteiger partial charge on any atom is 0.235 e. The second-order valence-electron chi connectivity index (χ2n) is 6.99. The van der Waals surface area contributed by atoms with Crippen molar-refractivity contribution in [3.63, 3.8) is 0 Å². The number of rotatable bonds is 8. The molecule has 26 heavy (non-hydrogen) atoms. The summed E-state index contributed by atoms with van der Waals surface area (Å²) in [6.07, 6.45) is 10.5. The Morgan fingerprint density at radius 3 is 2.23 bits per heavy atom. The van der Waals surface area contributed by atoms with Gasteiger partial charge >= 0.3 is 0 Å². The highest BCUT2D eigenvalue weighted by molar-refractivity contribution is 5.35. The molecule has 1 fully saturated rings. The molecule has 1 aliphatic rings. The van der Waals surface area contributed by atoms with Crippen LogP contribution in [0.3, 0.4) is 0 Å². The van der Waals surface area contributed by atoms with Crippen LogP contribution in [-0.2, 0) is 19.2 Å². The Bertz CT molecular complexity index is 609. The highest BCUT2D eigenvalue weighted by Crippen LogP contribution is 2.30. The largest absolute Gasteiger partial charge is 0.235 e. The van der Waals surface area contributed by atoms with E-state index in [0.29, 0.717) is 25.4 Å². The standard InChI is InChI=1S/C10H14N2O2.C8H12N2O2/c1-8-2-3-9(5-11-6-13)10(4-8)12-7-14;1-8(2,10-7-12)4-3-5-9-6-11/h8-10H,2-5H2,1H3;3-5H2,1-2H3. The molecule has 8 heteroatoms. The van der Waals surface area contributed by atoms with Crippen LogP contribution >= 0.6 is 0 Å². The minimum absolute atomic E-state index is 0.00616. The van der Waals surface area contributed by atoms with E-state index >= 15 is 0 Å². The summed E-state index contributed by atoms with van der Waals surface area (Å²) in [6, 6.07) is -0.00616. The number of isocyanates is 4. The first-order valence-electron chi connectivity index (χ1n) is 8.63. The molecule has 8 nitrogen and oxygen atoms in total. The zero-order valence-electron chi connectivity index (χ0n) is 15.6. The van der Waals surface area contributed by atoms with Gasteiger partial charge in [-0.2, -0.15) is 4.99 Å². The van der Waals surface area contributed by atoms with Crippen molar-refractivity contribution in [3.8, 4) is 0 Å². The monoisotopic (exact) mass is 362 g/mol. The molecule has 3 atom stereocenters. The maximum absolute atomic E-state index is 10.2. The van der Waals surface area contributed by atoms with Gasteiger partial charge in [0.2, 0.25) is 24.3 Å². The van der Waals surface area contributed by atoms with Crippen LogP contribution in [0.2, 0.25) is 0 Å². The molecule has 142 valence electrons. The molecule has 0 aromatic rings. The van der Waals surface area contributed by atoms with Gasteiger partial charge in [-0.3, -0.25) is 0 Å². The van der Waals surface area contributed by atoms with Gasteiger partial charge in [-0.15, -0.1) is 0 Å². The Hall–Kier alpha value is -2.48. The average molecular weight is 362 g/mol. The maximum atomic E-state index is 10.2. The molecular formula is C18H26N4O4. The molecule has 1 aliphatic carbocycles. The van der Waals surface area contributed by atoms with Crippen LogP contribution in [0.4, 0.5) is 0 Å². The fourth-order valence-electron chi connectivity index (χ4n) is 2.82. The van der Waals surface area contributed by atoms with Crippen molar-refractivity contribution in [3.05, 3.63) is 0 Å². The van der Waals surface area contributed by atoms with Crippen LogP contribution in [-0.4, -0.2) is 49.0 Å². The number of nitrogens with zero attached hydrogens (tertiary/aromatic N) is 4. The predicted octanol–water partition coefficient (Wildman–Crippen LogP) is 2.68. The molecule has 0 aromatic heterocycles. The van der Waals surface area contributed by atoms with Crippen LogP contribution < -0.4 is 0 Å². The van der Waals surface area contributed by atoms with Crippen molar-refractivity contribution >= 4 is 24.3 Å². The van der Waals surface area contributed by atoms with Crippen molar-refractivity contribution in [1.82, 2.24) is 0 Å². The van der Waals surface area contributed by atoms with Crippen LogP contribution in [0.15, 0.2) is 20.0 Å². The van der Waals surface area contributed by atoms with E-state index in [1.54, 1.807) is 6.08 Å². The zero-order chi connectivity index (χ0) is 19.8. The van der Waals surface area contributed by atoms with Crippen LogP contribution in [0.25, 0.3) is 0 Å². The molecule has 3 unspecified atom stereocenters. The Labute approximate surface area is 153 Å².